The summed E-state index contributed by atoms with van der Waals surface area (Å²) in [7, 11) is 1.62. The first-order valence-electron chi connectivity index (χ1n) is 9.55. The summed E-state index contributed by atoms with van der Waals surface area (Å²) in [6, 6.07) is 14.7. The fourth-order valence-electron chi connectivity index (χ4n) is 3.36. The van der Waals surface area contributed by atoms with Crippen molar-refractivity contribution in [2.24, 2.45) is 5.92 Å². The van der Waals surface area contributed by atoms with Crippen LogP contribution in [0.4, 0.5) is 11.4 Å². The zero-order valence-electron chi connectivity index (χ0n) is 16.6. The smallest absolute Gasteiger partial charge is 0.227 e. The zero-order chi connectivity index (χ0) is 20.8. The Morgan fingerprint density at radius 1 is 1.17 bits per heavy atom. The van der Waals surface area contributed by atoms with E-state index in [0.717, 1.165) is 17.0 Å². The van der Waals surface area contributed by atoms with Gasteiger partial charge in [0.2, 0.25) is 17.7 Å². The highest BCUT2D eigenvalue weighted by atomic mass is 16.5. The number of nitrogens with one attached hydrogen (secondary N) is 2. The molecule has 0 saturated carbocycles. The fraction of sp³-hybridized carbons (Fsp3) is 0.318. The largest absolute Gasteiger partial charge is 0.497 e. The lowest BCUT2D eigenvalue weighted by Crippen LogP contribution is -2.34. The molecule has 0 aromatic heterocycles. The minimum Gasteiger partial charge on any atom is -0.497 e. The molecule has 7 nitrogen and oxygen atoms in total. The molecule has 0 spiro atoms. The van der Waals surface area contributed by atoms with Crippen molar-refractivity contribution >= 4 is 29.1 Å². The van der Waals surface area contributed by atoms with Crippen molar-refractivity contribution < 1.29 is 19.1 Å². The molecule has 1 atom stereocenters. The van der Waals surface area contributed by atoms with Gasteiger partial charge >= 0.3 is 0 Å². The molecule has 0 aliphatic carbocycles. The molecule has 2 aromatic carbocycles. The van der Waals surface area contributed by atoms with E-state index in [2.05, 4.69) is 10.6 Å². The number of benzene rings is 2. The van der Waals surface area contributed by atoms with E-state index in [1.807, 2.05) is 24.3 Å². The van der Waals surface area contributed by atoms with Gasteiger partial charge in [-0.2, -0.15) is 0 Å². The first-order chi connectivity index (χ1) is 14.0. The summed E-state index contributed by atoms with van der Waals surface area (Å²) in [4.78, 5) is 37.6. The maximum absolute atomic E-state index is 12.5. The topological polar surface area (TPSA) is 87.7 Å². The Balaban J connectivity index is 1.52. The van der Waals surface area contributed by atoms with Gasteiger partial charge in [-0.3, -0.25) is 14.4 Å². The molecule has 1 fully saturated rings. The van der Waals surface area contributed by atoms with E-state index in [9.17, 15) is 14.4 Å². The summed E-state index contributed by atoms with van der Waals surface area (Å²) in [6.45, 7) is 2.29. The van der Waals surface area contributed by atoms with Crippen LogP contribution < -0.4 is 20.3 Å². The molecule has 2 N–H and O–H groups in total. The van der Waals surface area contributed by atoms with Crippen molar-refractivity contribution in [1.29, 1.82) is 0 Å². The van der Waals surface area contributed by atoms with E-state index in [1.54, 1.807) is 36.3 Å². The summed E-state index contributed by atoms with van der Waals surface area (Å²) < 4.78 is 5.20. The quantitative estimate of drug-likeness (QED) is 0.753. The fourth-order valence-corrected chi connectivity index (χ4v) is 3.36. The number of hydrogen-bond acceptors (Lipinski definition) is 4. The number of rotatable bonds is 7. The average molecular weight is 395 g/mol. The van der Waals surface area contributed by atoms with Gasteiger partial charge in [-0.25, -0.2) is 0 Å². The van der Waals surface area contributed by atoms with Crippen LogP contribution in [0.5, 0.6) is 5.75 Å². The Bertz CT molecular complexity index is 895. The Kier molecular flexibility index (Phi) is 6.49. The molecule has 0 radical (unpaired) electrons. The molecule has 0 bridgehead atoms. The number of methoxy groups -OCH3 is 1. The summed E-state index contributed by atoms with van der Waals surface area (Å²) in [5.41, 5.74) is 2.46. The lowest BCUT2D eigenvalue weighted by atomic mass is 10.1. The minimum absolute atomic E-state index is 0.0785. The molecule has 3 amide bonds. The molecule has 1 aliphatic rings. The van der Waals surface area contributed by atoms with E-state index in [4.69, 9.17) is 4.74 Å². The van der Waals surface area contributed by atoms with Crippen LogP contribution in [0.2, 0.25) is 0 Å². The van der Waals surface area contributed by atoms with Gasteiger partial charge in [0, 0.05) is 37.8 Å². The number of hydrogen-bond donors (Lipinski definition) is 2. The van der Waals surface area contributed by atoms with Crippen molar-refractivity contribution in [1.82, 2.24) is 5.32 Å². The molecule has 2 aromatic rings. The molecule has 1 saturated heterocycles. The number of nitrogens with zero attached hydrogens (tertiary/aromatic N) is 1. The van der Waals surface area contributed by atoms with Crippen LogP contribution in [-0.4, -0.2) is 37.9 Å². The van der Waals surface area contributed by atoms with Crippen LogP contribution in [0, 0.1) is 5.92 Å². The van der Waals surface area contributed by atoms with Gasteiger partial charge in [0.25, 0.3) is 0 Å². The molecule has 152 valence electrons. The maximum Gasteiger partial charge on any atom is 0.227 e. The standard InChI is InChI=1S/C22H25N3O4/c1-15(26)24-18-6-8-19(9-7-18)25-14-17(13-21(25)27)22(28)23-11-10-16-4-3-5-20(12-16)29-2/h3-9,12,17H,10-11,13-14H2,1-2H3,(H,23,28)(H,24,26). The number of amides is 3. The van der Waals surface area contributed by atoms with Crippen molar-refractivity contribution in [3.05, 3.63) is 54.1 Å². The second-order valence-electron chi connectivity index (χ2n) is 7.03. The molecule has 1 unspecified atom stereocenters. The van der Waals surface area contributed by atoms with Gasteiger partial charge in [0.05, 0.1) is 13.0 Å². The van der Waals surface area contributed by atoms with Crippen LogP contribution in [0.1, 0.15) is 18.9 Å². The van der Waals surface area contributed by atoms with Gasteiger partial charge in [-0.1, -0.05) is 12.1 Å². The van der Waals surface area contributed by atoms with Crippen molar-refractivity contribution in [2.45, 2.75) is 19.8 Å². The molecule has 29 heavy (non-hydrogen) atoms. The predicted molar refractivity (Wildman–Crippen MR) is 111 cm³/mol. The minimum atomic E-state index is -0.372. The lowest BCUT2D eigenvalue weighted by Gasteiger charge is -2.17. The Morgan fingerprint density at radius 3 is 2.62 bits per heavy atom. The van der Waals surface area contributed by atoms with Crippen molar-refractivity contribution in [2.75, 3.05) is 30.4 Å². The number of ether oxygens (including phenoxy) is 1. The first-order valence-corrected chi connectivity index (χ1v) is 9.55. The van der Waals surface area contributed by atoms with E-state index < -0.39 is 0 Å². The normalized spacial score (nSPS) is 15.9. The number of anilines is 2. The Hall–Kier alpha value is -3.35. The van der Waals surface area contributed by atoms with Gasteiger partial charge in [0.1, 0.15) is 5.75 Å². The maximum atomic E-state index is 12.5. The Morgan fingerprint density at radius 2 is 1.93 bits per heavy atom. The Labute approximate surface area is 170 Å². The third kappa shape index (κ3) is 5.34. The number of carbonyl (C=O) groups is 3. The van der Waals surface area contributed by atoms with Crippen LogP contribution in [0.15, 0.2) is 48.5 Å². The second kappa shape index (κ2) is 9.23. The molecule has 1 aliphatic heterocycles. The highest BCUT2D eigenvalue weighted by Crippen LogP contribution is 2.26. The first kappa shape index (κ1) is 20.4. The average Bonchev–Trinajstić information content (AvgIpc) is 3.10. The zero-order valence-corrected chi connectivity index (χ0v) is 16.6. The van der Waals surface area contributed by atoms with Crippen molar-refractivity contribution in [3.63, 3.8) is 0 Å². The second-order valence-corrected chi connectivity index (χ2v) is 7.03. The van der Waals surface area contributed by atoms with E-state index in [1.165, 1.54) is 6.92 Å². The molecule has 7 heteroatoms. The lowest BCUT2D eigenvalue weighted by molar-refractivity contribution is -0.126. The van der Waals surface area contributed by atoms with Gasteiger partial charge in [0.15, 0.2) is 0 Å². The number of carbonyl (C=O) groups excluding carboxylic acids is 3. The predicted octanol–water partition coefficient (Wildman–Crippen LogP) is 2.37. The molecule has 3 rings (SSSR count). The monoisotopic (exact) mass is 395 g/mol. The van der Waals surface area contributed by atoms with Crippen LogP contribution >= 0.6 is 0 Å². The third-order valence-electron chi connectivity index (χ3n) is 4.84. The molecular formula is C22H25N3O4. The van der Waals surface area contributed by atoms with Crippen molar-refractivity contribution in [3.8, 4) is 5.75 Å². The summed E-state index contributed by atoms with van der Waals surface area (Å²) in [5, 5.41) is 5.62. The van der Waals surface area contributed by atoms with E-state index in [0.29, 0.717) is 25.2 Å². The third-order valence-corrected chi connectivity index (χ3v) is 4.84. The SMILES string of the molecule is COc1cccc(CCNC(=O)C2CC(=O)N(c3ccc(NC(C)=O)cc3)C2)c1. The summed E-state index contributed by atoms with van der Waals surface area (Å²) in [6.07, 6.45) is 0.885. The van der Waals surface area contributed by atoms with E-state index >= 15 is 0 Å². The van der Waals surface area contributed by atoms with Crippen LogP contribution in [0.25, 0.3) is 0 Å². The van der Waals surface area contributed by atoms with Gasteiger partial charge in [-0.05, 0) is 48.4 Å². The summed E-state index contributed by atoms with van der Waals surface area (Å²) in [5.74, 6) is 0.0720. The highest BCUT2D eigenvalue weighted by Gasteiger charge is 2.34. The van der Waals surface area contributed by atoms with Crippen LogP contribution in [0.3, 0.4) is 0 Å². The molecular weight excluding hydrogens is 370 g/mol. The van der Waals surface area contributed by atoms with Gasteiger partial charge in [-0.15, -0.1) is 0 Å². The van der Waals surface area contributed by atoms with E-state index in [-0.39, 0.29) is 30.1 Å². The summed E-state index contributed by atoms with van der Waals surface area (Å²) >= 11 is 0. The highest BCUT2D eigenvalue weighted by molar-refractivity contribution is 6.00. The van der Waals surface area contributed by atoms with Gasteiger partial charge < -0.3 is 20.3 Å². The molecule has 1 heterocycles. The van der Waals surface area contributed by atoms with Crippen LogP contribution in [-0.2, 0) is 20.8 Å².